The lowest BCUT2D eigenvalue weighted by atomic mass is 10.1. The van der Waals surface area contributed by atoms with E-state index in [1.807, 2.05) is 15.9 Å². The van der Waals surface area contributed by atoms with Gasteiger partial charge < -0.3 is 9.80 Å². The third kappa shape index (κ3) is 3.12. The van der Waals surface area contributed by atoms with Crippen molar-refractivity contribution >= 4 is 11.7 Å². The van der Waals surface area contributed by atoms with E-state index in [9.17, 15) is 4.79 Å². The first-order valence-electron chi connectivity index (χ1n) is 8.55. The molecule has 1 fully saturated rings. The van der Waals surface area contributed by atoms with Crippen molar-refractivity contribution in [3.05, 3.63) is 29.8 Å². The van der Waals surface area contributed by atoms with Gasteiger partial charge in [0.2, 0.25) is 0 Å². The number of rotatable bonds is 5. The summed E-state index contributed by atoms with van der Waals surface area (Å²) in [5.74, 6) is 0. The van der Waals surface area contributed by atoms with Crippen LogP contribution in [0, 0.1) is 0 Å². The number of benzene rings is 1. The Kier molecular flexibility index (Phi) is 4.67. The van der Waals surface area contributed by atoms with Crippen molar-refractivity contribution in [3.63, 3.8) is 0 Å². The van der Waals surface area contributed by atoms with Gasteiger partial charge in [-0.2, -0.15) is 0 Å². The number of carbonyl (C=O) groups is 1. The highest BCUT2D eigenvalue weighted by molar-refractivity contribution is 5.95. The molecule has 0 bridgehead atoms. The van der Waals surface area contributed by atoms with Crippen LogP contribution in [0.25, 0.3) is 0 Å². The van der Waals surface area contributed by atoms with Gasteiger partial charge in [0.05, 0.1) is 5.69 Å². The molecule has 0 radical (unpaired) electrons. The summed E-state index contributed by atoms with van der Waals surface area (Å²) in [7, 11) is 0. The fourth-order valence-corrected chi connectivity index (χ4v) is 3.57. The number of para-hydroxylation sites is 1. The summed E-state index contributed by atoms with van der Waals surface area (Å²) in [5, 5.41) is 0. The Balaban J connectivity index is 1.66. The number of carbonyl (C=O) groups excluding carboxylic acids is 1. The first-order valence-corrected chi connectivity index (χ1v) is 8.55. The van der Waals surface area contributed by atoms with Gasteiger partial charge in [0.1, 0.15) is 0 Å². The van der Waals surface area contributed by atoms with Gasteiger partial charge in [0, 0.05) is 19.1 Å². The molecule has 22 heavy (non-hydrogen) atoms. The van der Waals surface area contributed by atoms with E-state index in [0.717, 1.165) is 31.7 Å². The summed E-state index contributed by atoms with van der Waals surface area (Å²) in [4.78, 5) is 19.3. The zero-order valence-corrected chi connectivity index (χ0v) is 13.8. The van der Waals surface area contributed by atoms with Crippen molar-refractivity contribution in [1.29, 1.82) is 0 Å². The topological polar surface area (TPSA) is 26.8 Å². The summed E-state index contributed by atoms with van der Waals surface area (Å²) in [6.07, 6.45) is 3.73. The monoisotopic (exact) mass is 301 g/mol. The molecule has 3 rings (SSSR count). The number of fused-ring (bicyclic) bond motifs is 1. The molecular weight excluding hydrogens is 274 g/mol. The molecule has 0 unspecified atom stereocenters. The minimum Gasteiger partial charge on any atom is -0.320 e. The van der Waals surface area contributed by atoms with Gasteiger partial charge in [-0.05, 0) is 64.4 Å². The van der Waals surface area contributed by atoms with E-state index in [4.69, 9.17) is 0 Å². The summed E-state index contributed by atoms with van der Waals surface area (Å²) in [6, 6.07) is 8.64. The van der Waals surface area contributed by atoms with Crippen LogP contribution in [0.2, 0.25) is 0 Å². The summed E-state index contributed by atoms with van der Waals surface area (Å²) < 4.78 is 0. The lowest BCUT2D eigenvalue weighted by Gasteiger charge is -2.39. The fourth-order valence-electron chi connectivity index (χ4n) is 3.57. The minimum absolute atomic E-state index is 0.162. The summed E-state index contributed by atoms with van der Waals surface area (Å²) in [5.41, 5.74) is 2.34. The zero-order chi connectivity index (χ0) is 15.5. The van der Waals surface area contributed by atoms with Gasteiger partial charge in [0.25, 0.3) is 0 Å². The van der Waals surface area contributed by atoms with E-state index in [2.05, 4.69) is 36.9 Å². The van der Waals surface area contributed by atoms with Crippen molar-refractivity contribution in [2.75, 3.05) is 31.1 Å². The van der Waals surface area contributed by atoms with Gasteiger partial charge in [-0.3, -0.25) is 4.90 Å². The molecule has 0 saturated carbocycles. The molecule has 1 aromatic carbocycles. The van der Waals surface area contributed by atoms with Crippen LogP contribution < -0.4 is 4.90 Å². The number of anilines is 1. The maximum atomic E-state index is 12.8. The summed E-state index contributed by atoms with van der Waals surface area (Å²) in [6.45, 7) is 9.35. The second-order valence-electron chi connectivity index (χ2n) is 6.70. The number of urea groups is 1. The molecule has 0 N–H and O–H groups in total. The Bertz CT molecular complexity index is 523. The molecule has 120 valence electrons. The lowest BCUT2D eigenvalue weighted by molar-refractivity contribution is 0.192. The van der Waals surface area contributed by atoms with Crippen LogP contribution >= 0.6 is 0 Å². The van der Waals surface area contributed by atoms with Crippen LogP contribution in [0.3, 0.4) is 0 Å². The SMILES string of the molecule is CC(C)N1C(=O)N(CCCN2CCCC2)Cc2ccccc21. The van der Waals surface area contributed by atoms with E-state index >= 15 is 0 Å². The van der Waals surface area contributed by atoms with Crippen molar-refractivity contribution in [1.82, 2.24) is 9.80 Å². The van der Waals surface area contributed by atoms with Crippen LogP contribution in [-0.2, 0) is 6.54 Å². The standard InChI is InChI=1S/C18H27N3O/c1-15(2)21-17-9-4-3-8-16(17)14-20(18(21)22)13-7-12-19-10-5-6-11-19/h3-4,8-9,15H,5-7,10-14H2,1-2H3. The minimum atomic E-state index is 0.162. The van der Waals surface area contributed by atoms with Gasteiger partial charge in [-0.15, -0.1) is 0 Å². The molecule has 2 aliphatic rings. The highest BCUT2D eigenvalue weighted by atomic mass is 16.2. The second kappa shape index (κ2) is 6.69. The van der Waals surface area contributed by atoms with Gasteiger partial charge in [-0.1, -0.05) is 18.2 Å². The van der Waals surface area contributed by atoms with Crippen LogP contribution in [0.1, 0.15) is 38.7 Å². The van der Waals surface area contributed by atoms with E-state index < -0.39 is 0 Å². The largest absolute Gasteiger partial charge is 0.325 e. The molecular formula is C18H27N3O. The Hall–Kier alpha value is -1.55. The zero-order valence-electron chi connectivity index (χ0n) is 13.8. The number of nitrogens with zero attached hydrogens (tertiary/aromatic N) is 3. The third-order valence-corrected chi connectivity index (χ3v) is 4.71. The molecule has 0 spiro atoms. The average Bonchev–Trinajstić information content (AvgIpc) is 3.00. The van der Waals surface area contributed by atoms with Crippen molar-refractivity contribution < 1.29 is 4.79 Å². The quantitative estimate of drug-likeness (QED) is 0.834. The molecule has 4 heteroatoms. The van der Waals surface area contributed by atoms with Gasteiger partial charge in [0.15, 0.2) is 0 Å². The number of likely N-dealkylation sites (tertiary alicyclic amines) is 1. The Morgan fingerprint density at radius 2 is 1.82 bits per heavy atom. The second-order valence-corrected chi connectivity index (χ2v) is 6.70. The summed E-state index contributed by atoms with van der Waals surface area (Å²) >= 11 is 0. The van der Waals surface area contributed by atoms with Crippen LogP contribution in [0.4, 0.5) is 10.5 Å². The molecule has 2 amide bonds. The van der Waals surface area contributed by atoms with Crippen molar-refractivity contribution in [2.24, 2.45) is 0 Å². The molecule has 1 aromatic rings. The van der Waals surface area contributed by atoms with Crippen LogP contribution in [0.5, 0.6) is 0 Å². The lowest BCUT2D eigenvalue weighted by Crippen LogP contribution is -2.50. The molecule has 0 aliphatic carbocycles. The molecule has 2 aliphatic heterocycles. The average molecular weight is 301 g/mol. The van der Waals surface area contributed by atoms with Crippen molar-refractivity contribution in [3.8, 4) is 0 Å². The normalized spacial score (nSPS) is 19.1. The molecule has 0 aromatic heterocycles. The molecule has 4 nitrogen and oxygen atoms in total. The third-order valence-electron chi connectivity index (χ3n) is 4.71. The van der Waals surface area contributed by atoms with Gasteiger partial charge in [-0.25, -0.2) is 4.79 Å². The molecule has 2 heterocycles. The van der Waals surface area contributed by atoms with Crippen LogP contribution in [0.15, 0.2) is 24.3 Å². The maximum Gasteiger partial charge on any atom is 0.325 e. The number of hydrogen-bond acceptors (Lipinski definition) is 2. The first kappa shape index (κ1) is 15.3. The molecule has 0 atom stereocenters. The predicted molar refractivity (Wildman–Crippen MR) is 90.2 cm³/mol. The van der Waals surface area contributed by atoms with E-state index in [1.165, 1.54) is 31.5 Å². The van der Waals surface area contributed by atoms with Crippen molar-refractivity contribution in [2.45, 2.75) is 45.7 Å². The number of amides is 2. The maximum absolute atomic E-state index is 12.8. The Morgan fingerprint density at radius 1 is 1.09 bits per heavy atom. The number of hydrogen-bond donors (Lipinski definition) is 0. The predicted octanol–water partition coefficient (Wildman–Crippen LogP) is 3.32. The highest BCUT2D eigenvalue weighted by Gasteiger charge is 2.31. The van der Waals surface area contributed by atoms with E-state index in [-0.39, 0.29) is 12.1 Å². The smallest absolute Gasteiger partial charge is 0.320 e. The first-order chi connectivity index (χ1) is 10.7. The Labute approximate surface area is 133 Å². The van der Waals surface area contributed by atoms with Crippen LogP contribution in [-0.4, -0.2) is 48.1 Å². The van der Waals surface area contributed by atoms with E-state index in [1.54, 1.807) is 0 Å². The van der Waals surface area contributed by atoms with E-state index in [0.29, 0.717) is 0 Å². The van der Waals surface area contributed by atoms with Gasteiger partial charge >= 0.3 is 6.03 Å². The Morgan fingerprint density at radius 3 is 2.55 bits per heavy atom. The highest BCUT2D eigenvalue weighted by Crippen LogP contribution is 2.30. The molecule has 1 saturated heterocycles. The fraction of sp³-hybridized carbons (Fsp3) is 0.611.